The van der Waals surface area contributed by atoms with Gasteiger partial charge in [-0.25, -0.2) is 9.18 Å². The van der Waals surface area contributed by atoms with Crippen molar-refractivity contribution in [3.63, 3.8) is 0 Å². The highest BCUT2D eigenvalue weighted by atomic mass is 35.5. The van der Waals surface area contributed by atoms with Gasteiger partial charge in [-0.2, -0.15) is 21.6 Å². The molecule has 166 valence electrons. The average molecular weight is 481 g/mol. The highest BCUT2D eigenvalue weighted by Crippen LogP contribution is 2.34. The molecule has 0 aliphatic rings. The number of sulfonamides is 1. The Kier molecular flexibility index (Phi) is 7.80. The first-order valence-corrected chi connectivity index (χ1v) is 10.00. The quantitative estimate of drug-likeness (QED) is 0.244. The van der Waals surface area contributed by atoms with Crippen LogP contribution in [-0.2, 0) is 19.7 Å². The first-order valence-electron chi connectivity index (χ1n) is 8.18. The van der Waals surface area contributed by atoms with Crippen LogP contribution >= 0.6 is 11.6 Å². The van der Waals surface area contributed by atoms with Gasteiger partial charge in [0.05, 0.1) is 11.4 Å². The summed E-state index contributed by atoms with van der Waals surface area (Å²) in [5.41, 5.74) is -6.58. The van der Waals surface area contributed by atoms with E-state index < -0.39 is 33.6 Å². The van der Waals surface area contributed by atoms with E-state index in [1.54, 1.807) is 0 Å². The third-order valence-corrected chi connectivity index (χ3v) is 5.07. The van der Waals surface area contributed by atoms with E-state index in [4.69, 9.17) is 21.3 Å². The van der Waals surface area contributed by atoms with Crippen molar-refractivity contribution >= 4 is 39.0 Å². The molecule has 2 rings (SSSR count). The first kappa shape index (κ1) is 24.4. The molecule has 0 N–H and O–H groups in total. The summed E-state index contributed by atoms with van der Waals surface area (Å²) in [6, 6.07) is 7.92. The van der Waals surface area contributed by atoms with Crippen molar-refractivity contribution < 1.29 is 40.4 Å². The predicted molar refractivity (Wildman–Crippen MR) is 104 cm³/mol. The maximum Gasteiger partial charge on any atom is 0.518 e. The molecule has 0 amide bonds. The Labute approximate surface area is 179 Å². The topological polar surface area (TPSA) is 85.3 Å². The smallest absolute Gasteiger partial charge is 0.357 e. The largest absolute Gasteiger partial charge is 0.518 e. The van der Waals surface area contributed by atoms with Crippen molar-refractivity contribution in [1.82, 2.24) is 0 Å². The van der Waals surface area contributed by atoms with Crippen LogP contribution in [0.25, 0.3) is 0 Å². The van der Waals surface area contributed by atoms with Crippen LogP contribution in [-0.4, -0.2) is 32.2 Å². The van der Waals surface area contributed by atoms with E-state index in [9.17, 15) is 30.8 Å². The third-order valence-electron chi connectivity index (χ3n) is 3.52. The minimum atomic E-state index is -6.03. The maximum atomic E-state index is 13.2. The van der Waals surface area contributed by atoms with E-state index in [1.807, 2.05) is 0 Å². The van der Waals surface area contributed by atoms with Crippen LogP contribution in [0.2, 0.25) is 5.02 Å². The maximum absolute atomic E-state index is 13.2. The number of benzene rings is 2. The molecule has 0 aliphatic heterocycles. The molecule has 0 fully saturated rings. The first-order chi connectivity index (χ1) is 14.5. The summed E-state index contributed by atoms with van der Waals surface area (Å²) < 4.78 is 76.2. The van der Waals surface area contributed by atoms with Gasteiger partial charge in [-0.05, 0) is 49.4 Å². The fourth-order valence-electron chi connectivity index (χ4n) is 2.12. The fourth-order valence-corrected chi connectivity index (χ4v) is 3.10. The molecule has 2 aromatic rings. The van der Waals surface area contributed by atoms with Gasteiger partial charge in [0.1, 0.15) is 18.4 Å². The van der Waals surface area contributed by atoms with E-state index in [0.29, 0.717) is 6.08 Å². The lowest BCUT2D eigenvalue weighted by atomic mass is 10.1. The van der Waals surface area contributed by atoms with Crippen molar-refractivity contribution in [2.45, 2.75) is 12.4 Å². The zero-order valence-electron chi connectivity index (χ0n) is 15.6. The highest BCUT2D eigenvalue weighted by Gasteiger charge is 2.52. The second-order valence-corrected chi connectivity index (χ2v) is 7.86. The molecule has 0 radical (unpaired) electrons. The number of hydrogen-bond acceptors (Lipinski definition) is 6. The summed E-state index contributed by atoms with van der Waals surface area (Å²) >= 11 is 5.91. The lowest BCUT2D eigenvalue weighted by Gasteiger charge is -2.25. The summed E-state index contributed by atoms with van der Waals surface area (Å²) in [6.07, 6.45) is 0.646. The van der Waals surface area contributed by atoms with Gasteiger partial charge < -0.3 is 4.84 Å². The van der Waals surface area contributed by atoms with Gasteiger partial charge in [-0.1, -0.05) is 16.8 Å². The van der Waals surface area contributed by atoms with Crippen LogP contribution in [0.1, 0.15) is 12.5 Å². The van der Waals surface area contributed by atoms with Crippen LogP contribution in [0.5, 0.6) is 5.75 Å². The van der Waals surface area contributed by atoms with E-state index in [-0.39, 0.29) is 26.5 Å². The minimum Gasteiger partial charge on any atom is -0.357 e. The number of oxime groups is 1. The normalized spacial score (nSPS) is 12.3. The zero-order valence-corrected chi connectivity index (χ0v) is 17.1. The zero-order chi connectivity index (χ0) is 23.2. The second kappa shape index (κ2) is 9.92. The number of alkyl halides is 3. The average Bonchev–Trinajstić information content (AvgIpc) is 2.70. The molecule has 0 aliphatic carbocycles. The fraction of sp³-hybridized carbons (Fsp3) is 0.167. The second-order valence-electron chi connectivity index (χ2n) is 5.68. The number of nitrogens with zero attached hydrogens (tertiary/aromatic N) is 2. The van der Waals surface area contributed by atoms with Crippen molar-refractivity contribution in [1.29, 1.82) is 0 Å². The minimum absolute atomic E-state index is 0.0484. The molecule has 0 unspecified atom stereocenters. The standard InChI is InChI=1S/C18H13ClF4N2O5S/c1-12(24-30-15-6-4-14(20)5-7-15)16-11-13(19)3-8-17(16)25(29-10-2-9-26)31(27,28)18(21,22)23/h2-8,11H,10H2,1H3. The molecular weight excluding hydrogens is 468 g/mol. The molecule has 7 nitrogen and oxygen atoms in total. The van der Waals surface area contributed by atoms with Gasteiger partial charge in [0, 0.05) is 16.7 Å². The van der Waals surface area contributed by atoms with Crippen LogP contribution in [0.4, 0.5) is 23.2 Å². The molecule has 0 heterocycles. The van der Waals surface area contributed by atoms with Crippen LogP contribution in [0, 0.1) is 5.82 Å². The van der Waals surface area contributed by atoms with Crippen molar-refractivity contribution in [3.8, 4) is 5.75 Å². The van der Waals surface area contributed by atoms with Gasteiger partial charge in [0.2, 0.25) is 0 Å². The van der Waals surface area contributed by atoms with Gasteiger partial charge in [0.25, 0.3) is 0 Å². The van der Waals surface area contributed by atoms with E-state index >= 15 is 0 Å². The Morgan fingerprint density at radius 3 is 2.45 bits per heavy atom. The molecule has 0 atom stereocenters. The third kappa shape index (κ3) is 6.05. The van der Waals surface area contributed by atoms with Gasteiger partial charge in [-0.3, -0.25) is 4.84 Å². The Hall–Kier alpha value is -2.92. The molecule has 31 heavy (non-hydrogen) atoms. The summed E-state index contributed by atoms with van der Waals surface area (Å²) in [5.74, 6) is 0.839. The Balaban J connectivity index is 2.53. The Morgan fingerprint density at radius 1 is 1.23 bits per heavy atom. The molecule has 0 spiro atoms. The number of rotatable bonds is 8. The predicted octanol–water partition coefficient (Wildman–Crippen LogP) is 4.26. The monoisotopic (exact) mass is 480 g/mol. The molecule has 0 saturated carbocycles. The lowest BCUT2D eigenvalue weighted by molar-refractivity contribution is -0.0471. The van der Waals surface area contributed by atoms with Crippen LogP contribution < -0.4 is 9.31 Å². The lowest BCUT2D eigenvalue weighted by Crippen LogP contribution is -2.41. The molecule has 0 aromatic heterocycles. The molecule has 2 aromatic carbocycles. The van der Waals surface area contributed by atoms with E-state index in [1.165, 1.54) is 25.0 Å². The Morgan fingerprint density at radius 2 is 1.87 bits per heavy atom. The highest BCUT2D eigenvalue weighted by molar-refractivity contribution is 7.93. The van der Waals surface area contributed by atoms with Gasteiger partial charge in [-0.15, -0.1) is 4.47 Å². The molecule has 13 heteroatoms. The van der Waals surface area contributed by atoms with Gasteiger partial charge >= 0.3 is 15.5 Å². The van der Waals surface area contributed by atoms with E-state index in [2.05, 4.69) is 5.16 Å². The van der Waals surface area contributed by atoms with Crippen LogP contribution in [0.15, 0.2) is 53.7 Å². The molecule has 0 bridgehead atoms. The van der Waals surface area contributed by atoms with Crippen molar-refractivity contribution in [3.05, 3.63) is 64.9 Å². The van der Waals surface area contributed by atoms with Crippen LogP contribution in [0.3, 0.4) is 0 Å². The van der Waals surface area contributed by atoms with Crippen molar-refractivity contribution in [2.24, 2.45) is 5.16 Å². The number of hydrogen-bond donors (Lipinski definition) is 0. The number of halogens is 5. The van der Waals surface area contributed by atoms with Gasteiger partial charge in [0.15, 0.2) is 5.75 Å². The summed E-state index contributed by atoms with van der Waals surface area (Å²) in [6.45, 7) is 0.492. The summed E-state index contributed by atoms with van der Waals surface area (Å²) in [4.78, 5) is 20.1. The van der Waals surface area contributed by atoms with Crippen molar-refractivity contribution in [2.75, 3.05) is 11.1 Å². The summed E-state index contributed by atoms with van der Waals surface area (Å²) in [5, 5.41) is 3.77. The number of anilines is 1. The molecular formula is C18H13ClF4N2O5S. The Bertz CT molecular complexity index is 1110. The SMILES string of the molecule is CC(=NOc1ccc(F)cc1)c1cc(Cl)ccc1N(OCC=C=O)S(=O)(=O)C(F)(F)F. The summed E-state index contributed by atoms with van der Waals surface area (Å²) in [7, 11) is -6.03. The number of carbonyl (C=O) groups excluding carboxylic acids is 1. The van der Waals surface area contributed by atoms with E-state index in [0.717, 1.165) is 30.3 Å². The molecule has 0 saturated heterocycles.